The van der Waals surface area contributed by atoms with E-state index in [2.05, 4.69) is 24.4 Å². The SMILES string of the molecule is CC.CC(=O)NC[C@H](C)c1ccccc1. The van der Waals surface area contributed by atoms with Gasteiger partial charge in [0, 0.05) is 13.5 Å². The predicted molar refractivity (Wildman–Crippen MR) is 64.9 cm³/mol. The Morgan fingerprint density at radius 1 is 1.27 bits per heavy atom. The molecular weight excluding hydrogens is 186 g/mol. The first-order valence-corrected chi connectivity index (χ1v) is 5.49. The van der Waals surface area contributed by atoms with E-state index in [1.165, 1.54) is 12.5 Å². The van der Waals surface area contributed by atoms with Crippen LogP contribution < -0.4 is 5.32 Å². The van der Waals surface area contributed by atoms with Gasteiger partial charge < -0.3 is 5.32 Å². The molecule has 1 rings (SSSR count). The molecule has 2 heteroatoms. The molecule has 0 aromatic heterocycles. The first-order chi connectivity index (χ1) is 7.20. The summed E-state index contributed by atoms with van der Waals surface area (Å²) in [6.07, 6.45) is 0. The molecule has 1 aromatic carbocycles. The summed E-state index contributed by atoms with van der Waals surface area (Å²) in [5.41, 5.74) is 1.26. The Morgan fingerprint density at radius 2 is 1.80 bits per heavy atom. The summed E-state index contributed by atoms with van der Waals surface area (Å²) in [5, 5.41) is 2.80. The molecule has 0 fully saturated rings. The lowest BCUT2D eigenvalue weighted by Gasteiger charge is -2.11. The van der Waals surface area contributed by atoms with Crippen molar-refractivity contribution in [1.29, 1.82) is 0 Å². The van der Waals surface area contributed by atoms with Gasteiger partial charge in [-0.05, 0) is 11.5 Å². The lowest BCUT2D eigenvalue weighted by Crippen LogP contribution is -2.24. The van der Waals surface area contributed by atoms with Gasteiger partial charge in [-0.3, -0.25) is 4.79 Å². The summed E-state index contributed by atoms with van der Waals surface area (Å²) in [6, 6.07) is 10.2. The third kappa shape index (κ3) is 5.89. The van der Waals surface area contributed by atoms with Gasteiger partial charge in [0.15, 0.2) is 0 Å². The minimum Gasteiger partial charge on any atom is -0.356 e. The number of carbonyl (C=O) groups excluding carboxylic acids is 1. The van der Waals surface area contributed by atoms with Gasteiger partial charge in [-0.15, -0.1) is 0 Å². The van der Waals surface area contributed by atoms with E-state index in [1.54, 1.807) is 0 Å². The van der Waals surface area contributed by atoms with Crippen LogP contribution in [0.4, 0.5) is 0 Å². The zero-order chi connectivity index (χ0) is 11.7. The summed E-state index contributed by atoms with van der Waals surface area (Å²) >= 11 is 0. The van der Waals surface area contributed by atoms with Crippen molar-refractivity contribution in [1.82, 2.24) is 5.32 Å². The Bertz CT molecular complexity index is 269. The van der Waals surface area contributed by atoms with Gasteiger partial charge in [0.25, 0.3) is 0 Å². The minimum absolute atomic E-state index is 0.0304. The Morgan fingerprint density at radius 3 is 2.27 bits per heavy atom. The maximum atomic E-state index is 10.7. The molecule has 15 heavy (non-hydrogen) atoms. The fraction of sp³-hybridized carbons (Fsp3) is 0.462. The van der Waals surface area contributed by atoms with E-state index >= 15 is 0 Å². The van der Waals surface area contributed by atoms with E-state index in [1.807, 2.05) is 32.0 Å². The van der Waals surface area contributed by atoms with Crippen molar-refractivity contribution in [3.8, 4) is 0 Å². The lowest BCUT2D eigenvalue weighted by molar-refractivity contribution is -0.119. The molecule has 0 aliphatic rings. The largest absolute Gasteiger partial charge is 0.356 e. The van der Waals surface area contributed by atoms with Crippen LogP contribution in [0.15, 0.2) is 30.3 Å². The third-order valence-corrected chi connectivity index (χ3v) is 2.03. The molecule has 1 amide bonds. The molecule has 0 spiro atoms. The molecule has 0 aliphatic carbocycles. The molecule has 0 aliphatic heterocycles. The number of rotatable bonds is 3. The topological polar surface area (TPSA) is 29.1 Å². The smallest absolute Gasteiger partial charge is 0.216 e. The molecule has 0 heterocycles. The summed E-state index contributed by atoms with van der Waals surface area (Å²) in [4.78, 5) is 10.7. The van der Waals surface area contributed by atoms with Crippen LogP contribution in [0, 0.1) is 0 Å². The predicted octanol–water partition coefficient (Wildman–Crippen LogP) is 2.95. The van der Waals surface area contributed by atoms with Crippen LogP contribution in [0.25, 0.3) is 0 Å². The highest BCUT2D eigenvalue weighted by Crippen LogP contribution is 2.12. The molecule has 0 saturated heterocycles. The molecule has 1 aromatic rings. The van der Waals surface area contributed by atoms with Gasteiger partial charge in [0.05, 0.1) is 0 Å². The second-order valence-electron chi connectivity index (χ2n) is 3.25. The van der Waals surface area contributed by atoms with E-state index in [4.69, 9.17) is 0 Å². The number of hydrogen-bond donors (Lipinski definition) is 1. The maximum absolute atomic E-state index is 10.7. The van der Waals surface area contributed by atoms with Gasteiger partial charge in [0.1, 0.15) is 0 Å². The van der Waals surface area contributed by atoms with Crippen molar-refractivity contribution in [2.45, 2.75) is 33.6 Å². The molecular formula is C13H21NO. The van der Waals surface area contributed by atoms with Crippen LogP contribution in [0.2, 0.25) is 0 Å². The lowest BCUT2D eigenvalue weighted by atomic mass is 10.0. The average Bonchev–Trinajstić information content (AvgIpc) is 2.30. The average molecular weight is 207 g/mol. The van der Waals surface area contributed by atoms with E-state index in [-0.39, 0.29) is 5.91 Å². The zero-order valence-electron chi connectivity index (χ0n) is 10.1. The van der Waals surface area contributed by atoms with Gasteiger partial charge >= 0.3 is 0 Å². The van der Waals surface area contributed by atoms with Crippen molar-refractivity contribution in [3.63, 3.8) is 0 Å². The number of benzene rings is 1. The summed E-state index contributed by atoms with van der Waals surface area (Å²) < 4.78 is 0. The highest BCUT2D eigenvalue weighted by molar-refractivity contribution is 5.72. The summed E-state index contributed by atoms with van der Waals surface area (Å²) in [6.45, 7) is 8.35. The van der Waals surface area contributed by atoms with Gasteiger partial charge in [-0.1, -0.05) is 51.1 Å². The number of amides is 1. The first kappa shape index (κ1) is 13.7. The summed E-state index contributed by atoms with van der Waals surface area (Å²) in [7, 11) is 0. The monoisotopic (exact) mass is 207 g/mol. The van der Waals surface area contributed by atoms with Crippen LogP contribution >= 0.6 is 0 Å². The van der Waals surface area contributed by atoms with Crippen LogP contribution in [0.5, 0.6) is 0 Å². The Kier molecular flexibility index (Phi) is 7.33. The van der Waals surface area contributed by atoms with Crippen LogP contribution in [-0.4, -0.2) is 12.5 Å². The minimum atomic E-state index is 0.0304. The number of hydrogen-bond acceptors (Lipinski definition) is 1. The Labute approximate surface area is 92.7 Å². The molecule has 0 saturated carbocycles. The Hall–Kier alpha value is -1.31. The second-order valence-corrected chi connectivity index (χ2v) is 3.25. The van der Waals surface area contributed by atoms with Gasteiger partial charge in [-0.25, -0.2) is 0 Å². The number of carbonyl (C=O) groups is 1. The van der Waals surface area contributed by atoms with E-state index in [0.29, 0.717) is 12.5 Å². The van der Waals surface area contributed by atoms with E-state index < -0.39 is 0 Å². The normalized spacial score (nSPS) is 10.9. The molecule has 0 radical (unpaired) electrons. The van der Waals surface area contributed by atoms with Crippen molar-refractivity contribution in [2.75, 3.05) is 6.54 Å². The zero-order valence-corrected chi connectivity index (χ0v) is 10.1. The van der Waals surface area contributed by atoms with Crippen LogP contribution in [-0.2, 0) is 4.79 Å². The van der Waals surface area contributed by atoms with E-state index in [9.17, 15) is 4.79 Å². The van der Waals surface area contributed by atoms with Crippen molar-refractivity contribution >= 4 is 5.91 Å². The van der Waals surface area contributed by atoms with Crippen LogP contribution in [0.1, 0.15) is 39.2 Å². The quantitative estimate of drug-likeness (QED) is 0.811. The molecule has 1 N–H and O–H groups in total. The van der Waals surface area contributed by atoms with Crippen molar-refractivity contribution < 1.29 is 4.79 Å². The van der Waals surface area contributed by atoms with Gasteiger partial charge in [0.2, 0.25) is 5.91 Å². The maximum Gasteiger partial charge on any atom is 0.216 e. The highest BCUT2D eigenvalue weighted by atomic mass is 16.1. The number of nitrogens with one attached hydrogen (secondary N) is 1. The van der Waals surface area contributed by atoms with Crippen molar-refractivity contribution in [2.24, 2.45) is 0 Å². The highest BCUT2D eigenvalue weighted by Gasteiger charge is 2.04. The molecule has 84 valence electrons. The molecule has 1 atom stereocenters. The van der Waals surface area contributed by atoms with Crippen molar-refractivity contribution in [3.05, 3.63) is 35.9 Å². The van der Waals surface area contributed by atoms with E-state index in [0.717, 1.165) is 0 Å². The molecule has 0 unspecified atom stereocenters. The first-order valence-electron chi connectivity index (χ1n) is 5.49. The molecule has 2 nitrogen and oxygen atoms in total. The Balaban J connectivity index is 0.000000921. The summed E-state index contributed by atoms with van der Waals surface area (Å²) in [5.74, 6) is 0.410. The van der Waals surface area contributed by atoms with Crippen LogP contribution in [0.3, 0.4) is 0 Å². The fourth-order valence-electron chi connectivity index (χ4n) is 1.20. The fourth-order valence-corrected chi connectivity index (χ4v) is 1.20. The van der Waals surface area contributed by atoms with Gasteiger partial charge in [-0.2, -0.15) is 0 Å². The standard InChI is InChI=1S/C11H15NO.C2H6/c1-9(8-12-10(2)13)11-6-4-3-5-7-11;1-2/h3-7,9H,8H2,1-2H3,(H,12,13);1-2H3/t9-;/m0./s1. The molecule has 0 bridgehead atoms. The third-order valence-electron chi connectivity index (χ3n) is 2.03. The second kappa shape index (κ2) is 8.04.